The Kier molecular flexibility index (Phi) is 4.06. The van der Waals surface area contributed by atoms with Gasteiger partial charge in [-0.05, 0) is 36.5 Å². The molecule has 2 atom stereocenters. The lowest BCUT2D eigenvalue weighted by Gasteiger charge is -2.22. The fourth-order valence-electron chi connectivity index (χ4n) is 2.74. The SMILES string of the molecule is O=C(O)C1CCCCCC1c1cccc(Cl)c1. The fraction of sp³-hybridized carbons (Fsp3) is 0.500. The van der Waals surface area contributed by atoms with E-state index in [2.05, 4.69) is 0 Å². The molecule has 1 aromatic carbocycles. The molecule has 1 fully saturated rings. The molecule has 2 unspecified atom stereocenters. The van der Waals surface area contributed by atoms with E-state index in [1.54, 1.807) is 0 Å². The van der Waals surface area contributed by atoms with Gasteiger partial charge < -0.3 is 5.11 Å². The number of carboxylic acids is 1. The summed E-state index contributed by atoms with van der Waals surface area (Å²) in [6, 6.07) is 7.64. The van der Waals surface area contributed by atoms with Gasteiger partial charge in [0, 0.05) is 5.02 Å². The molecular weight excluding hydrogens is 236 g/mol. The van der Waals surface area contributed by atoms with Crippen LogP contribution in [0.3, 0.4) is 0 Å². The van der Waals surface area contributed by atoms with Crippen molar-refractivity contribution in [2.45, 2.75) is 38.0 Å². The summed E-state index contributed by atoms with van der Waals surface area (Å²) >= 11 is 5.98. The molecule has 0 bridgehead atoms. The van der Waals surface area contributed by atoms with Crippen molar-refractivity contribution in [3.05, 3.63) is 34.9 Å². The highest BCUT2D eigenvalue weighted by Gasteiger charge is 2.30. The lowest BCUT2D eigenvalue weighted by molar-refractivity contribution is -0.142. The van der Waals surface area contributed by atoms with Crippen LogP contribution in [0.25, 0.3) is 0 Å². The van der Waals surface area contributed by atoms with Gasteiger partial charge in [-0.25, -0.2) is 0 Å². The van der Waals surface area contributed by atoms with E-state index in [1.165, 1.54) is 0 Å². The quantitative estimate of drug-likeness (QED) is 0.805. The molecule has 0 amide bonds. The summed E-state index contributed by atoms with van der Waals surface area (Å²) in [5.41, 5.74) is 1.08. The Morgan fingerprint density at radius 2 is 2.00 bits per heavy atom. The topological polar surface area (TPSA) is 37.3 Å². The summed E-state index contributed by atoms with van der Waals surface area (Å²) in [7, 11) is 0. The molecule has 0 saturated heterocycles. The maximum Gasteiger partial charge on any atom is 0.307 e. The molecule has 1 aromatic rings. The number of rotatable bonds is 2. The molecule has 0 aliphatic heterocycles. The van der Waals surface area contributed by atoms with Gasteiger partial charge in [0.1, 0.15) is 0 Å². The lowest BCUT2D eigenvalue weighted by atomic mass is 9.82. The molecule has 0 radical (unpaired) electrons. The van der Waals surface area contributed by atoms with Crippen LogP contribution in [0.4, 0.5) is 0 Å². The van der Waals surface area contributed by atoms with Gasteiger partial charge in [-0.15, -0.1) is 0 Å². The van der Waals surface area contributed by atoms with Crippen LogP contribution in [0.5, 0.6) is 0 Å². The molecule has 1 aliphatic carbocycles. The van der Waals surface area contributed by atoms with Crippen LogP contribution in [-0.4, -0.2) is 11.1 Å². The van der Waals surface area contributed by atoms with Gasteiger partial charge in [0.2, 0.25) is 0 Å². The highest BCUT2D eigenvalue weighted by Crippen LogP contribution is 2.37. The Morgan fingerprint density at radius 1 is 1.24 bits per heavy atom. The number of halogens is 1. The zero-order valence-corrected chi connectivity index (χ0v) is 10.5. The minimum atomic E-state index is -0.670. The molecular formula is C14H17ClO2. The Bertz CT molecular complexity index is 403. The third-order valence-electron chi connectivity index (χ3n) is 3.61. The molecule has 1 N–H and O–H groups in total. The minimum absolute atomic E-state index is 0.119. The van der Waals surface area contributed by atoms with Crippen LogP contribution < -0.4 is 0 Å². The molecule has 3 heteroatoms. The average Bonchev–Trinajstić information content (AvgIpc) is 2.54. The largest absolute Gasteiger partial charge is 0.481 e. The number of aliphatic carboxylic acids is 1. The molecule has 92 valence electrons. The van der Waals surface area contributed by atoms with E-state index < -0.39 is 5.97 Å². The normalized spacial score (nSPS) is 25.2. The minimum Gasteiger partial charge on any atom is -0.481 e. The number of hydrogen-bond acceptors (Lipinski definition) is 1. The Hall–Kier alpha value is -1.02. The molecule has 0 aromatic heterocycles. The Labute approximate surface area is 107 Å². The van der Waals surface area contributed by atoms with Crippen molar-refractivity contribution in [2.75, 3.05) is 0 Å². The predicted molar refractivity (Wildman–Crippen MR) is 68.4 cm³/mol. The third kappa shape index (κ3) is 3.01. The van der Waals surface area contributed by atoms with Crippen LogP contribution in [0, 0.1) is 5.92 Å². The maximum atomic E-state index is 11.3. The van der Waals surface area contributed by atoms with Crippen molar-refractivity contribution < 1.29 is 9.90 Å². The first-order valence-electron chi connectivity index (χ1n) is 6.17. The average molecular weight is 253 g/mol. The number of carboxylic acid groups (broad SMARTS) is 1. The van der Waals surface area contributed by atoms with Gasteiger partial charge in [0.05, 0.1) is 5.92 Å². The summed E-state index contributed by atoms with van der Waals surface area (Å²) in [5, 5.41) is 10.0. The molecule has 2 rings (SSSR count). The van der Waals surface area contributed by atoms with E-state index in [0.717, 1.165) is 37.7 Å². The predicted octanol–water partition coefficient (Wildman–Crippen LogP) is 4.09. The smallest absolute Gasteiger partial charge is 0.307 e. The van der Waals surface area contributed by atoms with E-state index in [9.17, 15) is 9.90 Å². The summed E-state index contributed by atoms with van der Waals surface area (Å²) in [5.74, 6) is -0.804. The van der Waals surface area contributed by atoms with Crippen LogP contribution in [0.2, 0.25) is 5.02 Å². The van der Waals surface area contributed by atoms with Gasteiger partial charge in [-0.2, -0.15) is 0 Å². The Morgan fingerprint density at radius 3 is 2.71 bits per heavy atom. The number of benzene rings is 1. The highest BCUT2D eigenvalue weighted by atomic mass is 35.5. The second-order valence-electron chi connectivity index (χ2n) is 4.74. The summed E-state index contributed by atoms with van der Waals surface area (Å²) in [6.45, 7) is 0. The van der Waals surface area contributed by atoms with Crippen LogP contribution >= 0.6 is 11.6 Å². The first-order valence-corrected chi connectivity index (χ1v) is 6.54. The molecule has 17 heavy (non-hydrogen) atoms. The van der Waals surface area contributed by atoms with E-state index >= 15 is 0 Å². The second kappa shape index (κ2) is 5.54. The lowest BCUT2D eigenvalue weighted by Crippen LogP contribution is -2.21. The van der Waals surface area contributed by atoms with E-state index in [0.29, 0.717) is 5.02 Å². The zero-order chi connectivity index (χ0) is 12.3. The summed E-state index contributed by atoms with van der Waals surface area (Å²) in [4.78, 5) is 11.3. The van der Waals surface area contributed by atoms with Crippen molar-refractivity contribution in [1.82, 2.24) is 0 Å². The number of hydrogen-bond donors (Lipinski definition) is 1. The van der Waals surface area contributed by atoms with Crippen molar-refractivity contribution >= 4 is 17.6 Å². The van der Waals surface area contributed by atoms with Gasteiger partial charge >= 0.3 is 5.97 Å². The molecule has 2 nitrogen and oxygen atoms in total. The fourth-order valence-corrected chi connectivity index (χ4v) is 2.94. The second-order valence-corrected chi connectivity index (χ2v) is 5.18. The van der Waals surface area contributed by atoms with E-state index in [1.807, 2.05) is 24.3 Å². The maximum absolute atomic E-state index is 11.3. The third-order valence-corrected chi connectivity index (χ3v) is 3.85. The first kappa shape index (κ1) is 12.4. The number of carbonyl (C=O) groups is 1. The van der Waals surface area contributed by atoms with Gasteiger partial charge in [0.25, 0.3) is 0 Å². The van der Waals surface area contributed by atoms with Gasteiger partial charge in [-0.1, -0.05) is 43.0 Å². The van der Waals surface area contributed by atoms with Crippen LogP contribution in [0.1, 0.15) is 43.6 Å². The monoisotopic (exact) mass is 252 g/mol. The molecule has 1 aliphatic rings. The Balaban J connectivity index is 2.28. The highest BCUT2D eigenvalue weighted by molar-refractivity contribution is 6.30. The van der Waals surface area contributed by atoms with Gasteiger partial charge in [0.15, 0.2) is 0 Å². The van der Waals surface area contributed by atoms with E-state index in [4.69, 9.17) is 11.6 Å². The van der Waals surface area contributed by atoms with Gasteiger partial charge in [-0.3, -0.25) is 4.79 Å². The summed E-state index contributed by atoms with van der Waals surface area (Å²) < 4.78 is 0. The molecule has 0 heterocycles. The van der Waals surface area contributed by atoms with Crippen molar-refractivity contribution in [3.63, 3.8) is 0 Å². The summed E-state index contributed by atoms with van der Waals surface area (Å²) in [6.07, 6.45) is 5.01. The van der Waals surface area contributed by atoms with Crippen LogP contribution in [-0.2, 0) is 4.79 Å². The molecule has 1 saturated carbocycles. The standard InChI is InChI=1S/C14H17ClO2/c15-11-6-4-5-10(9-11)12-7-2-1-3-8-13(12)14(16)17/h4-6,9,12-13H,1-3,7-8H2,(H,16,17). The van der Waals surface area contributed by atoms with Crippen molar-refractivity contribution in [3.8, 4) is 0 Å². The first-order chi connectivity index (χ1) is 8.18. The van der Waals surface area contributed by atoms with Crippen LogP contribution in [0.15, 0.2) is 24.3 Å². The molecule has 0 spiro atoms. The van der Waals surface area contributed by atoms with E-state index in [-0.39, 0.29) is 11.8 Å². The van der Waals surface area contributed by atoms with Crippen molar-refractivity contribution in [1.29, 1.82) is 0 Å². The zero-order valence-electron chi connectivity index (χ0n) is 9.73. The van der Waals surface area contributed by atoms with Crippen molar-refractivity contribution in [2.24, 2.45) is 5.92 Å².